The van der Waals surface area contributed by atoms with Crippen LogP contribution in [0.4, 0.5) is 5.69 Å². The fourth-order valence-corrected chi connectivity index (χ4v) is 2.85. The van der Waals surface area contributed by atoms with Crippen molar-refractivity contribution in [3.8, 4) is 5.75 Å². The number of ketones is 1. The quantitative estimate of drug-likeness (QED) is 0.553. The number of hydrogen-bond acceptors (Lipinski definition) is 4. The second-order valence-electron chi connectivity index (χ2n) is 7.33. The molecule has 0 saturated carbocycles. The average Bonchev–Trinajstić information content (AvgIpc) is 2.67. The molecule has 0 fully saturated rings. The molecule has 138 valence electrons. The van der Waals surface area contributed by atoms with Crippen LogP contribution in [0.5, 0.6) is 5.75 Å². The first-order valence-corrected chi connectivity index (χ1v) is 8.69. The summed E-state index contributed by atoms with van der Waals surface area (Å²) in [7, 11) is 1.56. The summed E-state index contributed by atoms with van der Waals surface area (Å²) >= 11 is 0. The number of fused-ring (bicyclic) bond motifs is 1. The van der Waals surface area contributed by atoms with Crippen molar-refractivity contribution in [2.45, 2.75) is 26.2 Å². The van der Waals surface area contributed by atoms with Crippen LogP contribution in [0.1, 0.15) is 36.7 Å². The lowest BCUT2D eigenvalue weighted by molar-refractivity contribution is -0.112. The van der Waals surface area contributed by atoms with Gasteiger partial charge in [-0.05, 0) is 35.2 Å². The van der Waals surface area contributed by atoms with E-state index in [1.54, 1.807) is 43.6 Å². The summed E-state index contributed by atoms with van der Waals surface area (Å²) in [6.45, 7) is 6.29. The van der Waals surface area contributed by atoms with Crippen molar-refractivity contribution in [3.05, 3.63) is 65.9 Å². The summed E-state index contributed by atoms with van der Waals surface area (Å²) in [6.07, 6.45) is 1.65. The normalized spacial score (nSPS) is 11.3. The number of rotatable bonds is 4. The Morgan fingerprint density at radius 3 is 2.33 bits per heavy atom. The fourth-order valence-electron chi connectivity index (χ4n) is 2.85. The fraction of sp³-hybridized carbons (Fsp3) is 0.227. The molecule has 0 aliphatic rings. The van der Waals surface area contributed by atoms with E-state index in [1.807, 2.05) is 18.2 Å². The highest BCUT2D eigenvalue weighted by atomic mass is 16.5. The van der Waals surface area contributed by atoms with E-state index < -0.39 is 11.7 Å². The highest BCUT2D eigenvalue weighted by molar-refractivity contribution is 6.46. The van der Waals surface area contributed by atoms with Gasteiger partial charge in [0.15, 0.2) is 0 Å². The van der Waals surface area contributed by atoms with Crippen LogP contribution in [-0.4, -0.2) is 23.8 Å². The Hall–Kier alpha value is -3.21. The van der Waals surface area contributed by atoms with Gasteiger partial charge in [-0.3, -0.25) is 14.6 Å². The Balaban J connectivity index is 1.85. The minimum Gasteiger partial charge on any atom is -0.494 e. The average molecular weight is 362 g/mol. The third-order valence-corrected chi connectivity index (χ3v) is 4.42. The number of ether oxygens (including phenoxy) is 1. The maximum absolute atomic E-state index is 12.5. The molecule has 5 heteroatoms. The van der Waals surface area contributed by atoms with Gasteiger partial charge in [-0.2, -0.15) is 0 Å². The molecule has 5 nitrogen and oxygen atoms in total. The molecule has 0 spiro atoms. The van der Waals surface area contributed by atoms with E-state index in [9.17, 15) is 9.59 Å². The van der Waals surface area contributed by atoms with Gasteiger partial charge in [-0.1, -0.05) is 45.0 Å². The Morgan fingerprint density at radius 1 is 1.00 bits per heavy atom. The van der Waals surface area contributed by atoms with E-state index >= 15 is 0 Å². The molecule has 0 radical (unpaired) electrons. The van der Waals surface area contributed by atoms with E-state index in [0.717, 1.165) is 5.56 Å². The molecule has 27 heavy (non-hydrogen) atoms. The van der Waals surface area contributed by atoms with Crippen LogP contribution in [-0.2, 0) is 10.2 Å². The Bertz CT molecular complexity index is 1000. The molecule has 1 heterocycles. The number of pyridine rings is 1. The topological polar surface area (TPSA) is 68.3 Å². The lowest BCUT2D eigenvalue weighted by Crippen LogP contribution is -2.23. The van der Waals surface area contributed by atoms with E-state index in [0.29, 0.717) is 27.9 Å². The number of amides is 1. The van der Waals surface area contributed by atoms with Crippen LogP contribution in [0.3, 0.4) is 0 Å². The molecule has 0 aliphatic heterocycles. The third kappa shape index (κ3) is 3.82. The standard InChI is InChI=1S/C22H22N2O3/c1-22(2,3)15-9-7-14(8-10-15)20(25)21(26)24-17-11-12-18(27-4)19-16(17)6-5-13-23-19/h5-13H,1-4H3,(H,24,26). The largest absolute Gasteiger partial charge is 0.494 e. The Kier molecular flexibility index (Phi) is 4.95. The number of methoxy groups -OCH3 is 1. The Labute approximate surface area is 158 Å². The van der Waals surface area contributed by atoms with Gasteiger partial charge >= 0.3 is 0 Å². The summed E-state index contributed by atoms with van der Waals surface area (Å²) in [5.41, 5.74) is 2.59. The van der Waals surface area contributed by atoms with E-state index in [2.05, 4.69) is 31.1 Å². The van der Waals surface area contributed by atoms with Crippen molar-refractivity contribution in [3.63, 3.8) is 0 Å². The summed E-state index contributed by atoms with van der Waals surface area (Å²) in [6, 6.07) is 14.2. The van der Waals surface area contributed by atoms with Gasteiger partial charge in [0.1, 0.15) is 11.3 Å². The number of aromatic nitrogens is 1. The molecule has 1 amide bonds. The van der Waals surface area contributed by atoms with Crippen molar-refractivity contribution >= 4 is 28.3 Å². The summed E-state index contributed by atoms with van der Waals surface area (Å²) in [5.74, 6) is -0.662. The number of carbonyl (C=O) groups excluding carboxylic acids is 2. The van der Waals surface area contributed by atoms with Gasteiger partial charge in [0.05, 0.1) is 12.8 Å². The molecule has 0 bridgehead atoms. The molecule has 2 aromatic carbocycles. The highest BCUT2D eigenvalue weighted by Crippen LogP contribution is 2.30. The molecule has 0 unspecified atom stereocenters. The molecule has 1 N–H and O–H groups in total. The van der Waals surface area contributed by atoms with Gasteiger partial charge < -0.3 is 10.1 Å². The first-order chi connectivity index (χ1) is 12.8. The van der Waals surface area contributed by atoms with Crippen LogP contribution < -0.4 is 10.1 Å². The molecular weight excluding hydrogens is 340 g/mol. The minimum atomic E-state index is -0.686. The zero-order valence-electron chi connectivity index (χ0n) is 15.9. The van der Waals surface area contributed by atoms with Gasteiger partial charge in [0.2, 0.25) is 0 Å². The maximum Gasteiger partial charge on any atom is 0.296 e. The monoisotopic (exact) mass is 362 g/mol. The number of carbonyl (C=O) groups is 2. The lowest BCUT2D eigenvalue weighted by atomic mass is 9.86. The van der Waals surface area contributed by atoms with Crippen LogP contribution in [0.15, 0.2) is 54.7 Å². The Morgan fingerprint density at radius 2 is 1.70 bits per heavy atom. The predicted octanol–water partition coefficient (Wildman–Crippen LogP) is 4.36. The van der Waals surface area contributed by atoms with Crippen molar-refractivity contribution < 1.29 is 14.3 Å². The first-order valence-electron chi connectivity index (χ1n) is 8.69. The van der Waals surface area contributed by atoms with Crippen molar-refractivity contribution in [1.29, 1.82) is 0 Å². The number of nitrogens with zero attached hydrogens (tertiary/aromatic N) is 1. The van der Waals surface area contributed by atoms with Crippen LogP contribution in [0, 0.1) is 0 Å². The zero-order valence-corrected chi connectivity index (χ0v) is 15.9. The number of nitrogens with one attached hydrogen (secondary N) is 1. The lowest BCUT2D eigenvalue weighted by Gasteiger charge is -2.18. The highest BCUT2D eigenvalue weighted by Gasteiger charge is 2.20. The zero-order chi connectivity index (χ0) is 19.6. The molecular formula is C22H22N2O3. The number of Topliss-reactive ketones (excluding diaryl/α,β-unsaturated/α-hetero) is 1. The van der Waals surface area contributed by atoms with E-state index in [-0.39, 0.29) is 5.41 Å². The third-order valence-electron chi connectivity index (χ3n) is 4.42. The minimum absolute atomic E-state index is 0.0150. The second kappa shape index (κ2) is 7.19. The number of hydrogen-bond donors (Lipinski definition) is 1. The summed E-state index contributed by atoms with van der Waals surface area (Å²) in [5, 5.41) is 3.40. The van der Waals surface area contributed by atoms with Gasteiger partial charge in [-0.25, -0.2) is 0 Å². The van der Waals surface area contributed by atoms with E-state index in [1.165, 1.54) is 0 Å². The van der Waals surface area contributed by atoms with Crippen molar-refractivity contribution in [2.24, 2.45) is 0 Å². The van der Waals surface area contributed by atoms with Crippen molar-refractivity contribution in [1.82, 2.24) is 4.98 Å². The molecule has 0 aliphatic carbocycles. The van der Waals surface area contributed by atoms with E-state index in [4.69, 9.17) is 4.74 Å². The smallest absolute Gasteiger partial charge is 0.296 e. The van der Waals surface area contributed by atoms with Gasteiger partial charge in [0.25, 0.3) is 11.7 Å². The van der Waals surface area contributed by atoms with Crippen LogP contribution in [0.25, 0.3) is 10.9 Å². The SMILES string of the molecule is COc1ccc(NC(=O)C(=O)c2ccc(C(C)(C)C)cc2)c2cccnc12. The summed E-state index contributed by atoms with van der Waals surface area (Å²) < 4.78 is 5.30. The molecule has 0 atom stereocenters. The van der Waals surface area contributed by atoms with Crippen LogP contribution in [0.2, 0.25) is 0 Å². The first kappa shape index (κ1) is 18.6. The molecule has 3 aromatic rings. The van der Waals surface area contributed by atoms with Crippen molar-refractivity contribution in [2.75, 3.05) is 12.4 Å². The summed E-state index contributed by atoms with van der Waals surface area (Å²) in [4.78, 5) is 29.3. The van der Waals surface area contributed by atoms with Gasteiger partial charge in [-0.15, -0.1) is 0 Å². The number of anilines is 1. The van der Waals surface area contributed by atoms with Crippen LogP contribution >= 0.6 is 0 Å². The maximum atomic E-state index is 12.5. The second-order valence-corrected chi connectivity index (χ2v) is 7.33. The predicted molar refractivity (Wildman–Crippen MR) is 106 cm³/mol. The van der Waals surface area contributed by atoms with Gasteiger partial charge in [0, 0.05) is 17.1 Å². The molecule has 3 rings (SSSR count). The number of benzene rings is 2. The molecule has 0 saturated heterocycles. The molecule has 1 aromatic heterocycles.